The summed E-state index contributed by atoms with van der Waals surface area (Å²) in [5.41, 5.74) is 0.259. The molecule has 0 N–H and O–H groups in total. The molecular weight excluding hydrogens is 560 g/mol. The van der Waals surface area contributed by atoms with E-state index in [2.05, 4.69) is 15.9 Å². The monoisotopic (exact) mass is 602 g/mol. The van der Waals surface area contributed by atoms with Gasteiger partial charge >= 0.3 is 6.09 Å². The van der Waals surface area contributed by atoms with E-state index in [-0.39, 0.29) is 17.6 Å². The summed E-state index contributed by atoms with van der Waals surface area (Å²) in [5.74, 6) is 0.739. The summed E-state index contributed by atoms with van der Waals surface area (Å²) in [4.78, 5) is 30.0. The molecule has 2 atom stereocenters. The third-order valence-electron chi connectivity index (χ3n) is 6.15. The number of halogens is 1. The van der Waals surface area contributed by atoms with Crippen LogP contribution in [0.15, 0.2) is 54.6 Å². The van der Waals surface area contributed by atoms with Crippen molar-refractivity contribution in [1.29, 1.82) is 0 Å². The molecule has 0 aromatic heterocycles. The van der Waals surface area contributed by atoms with Gasteiger partial charge in [0.15, 0.2) is 0 Å². The molecular formula is C31H43BrN2O5. The number of amides is 2. The second kappa shape index (κ2) is 12.3. The fourth-order valence-corrected chi connectivity index (χ4v) is 5.19. The van der Waals surface area contributed by atoms with Crippen LogP contribution in [0.5, 0.6) is 5.75 Å². The molecule has 7 nitrogen and oxygen atoms in total. The molecule has 1 fully saturated rings. The minimum atomic E-state index is -0.848. The number of carbonyl (C=O) groups excluding carboxylic acids is 2. The molecule has 0 spiro atoms. The summed E-state index contributed by atoms with van der Waals surface area (Å²) in [5, 5.41) is 0. The Bertz CT molecular complexity index is 1110. The van der Waals surface area contributed by atoms with Crippen LogP contribution in [0.4, 0.5) is 4.79 Å². The van der Waals surface area contributed by atoms with Crippen LogP contribution in [0.1, 0.15) is 66.5 Å². The fraction of sp³-hybridized carbons (Fsp3) is 0.548. The highest BCUT2D eigenvalue weighted by Crippen LogP contribution is 2.31. The molecule has 1 saturated heterocycles. The van der Waals surface area contributed by atoms with Gasteiger partial charge in [0.2, 0.25) is 5.91 Å². The molecule has 1 aliphatic rings. The van der Waals surface area contributed by atoms with E-state index in [0.717, 1.165) is 16.9 Å². The van der Waals surface area contributed by atoms with Crippen molar-refractivity contribution < 1.29 is 23.8 Å². The Morgan fingerprint density at radius 1 is 1.00 bits per heavy atom. The van der Waals surface area contributed by atoms with E-state index in [1.54, 1.807) is 9.80 Å². The first kappa shape index (κ1) is 31.0. The number of rotatable bonds is 8. The quantitative estimate of drug-likeness (QED) is 0.320. The molecule has 3 rings (SSSR count). The van der Waals surface area contributed by atoms with Gasteiger partial charge in [-0.3, -0.25) is 9.69 Å². The van der Waals surface area contributed by atoms with Gasteiger partial charge in [0.05, 0.1) is 17.5 Å². The van der Waals surface area contributed by atoms with Gasteiger partial charge in [-0.05, 0) is 85.1 Å². The van der Waals surface area contributed by atoms with Crippen LogP contribution >= 0.6 is 15.9 Å². The summed E-state index contributed by atoms with van der Waals surface area (Å²) in [6.45, 7) is 16.3. The Hall–Kier alpha value is -2.58. The number of nitrogens with zero attached hydrogens (tertiary/aromatic N) is 2. The lowest BCUT2D eigenvalue weighted by atomic mass is 10.1. The van der Waals surface area contributed by atoms with Gasteiger partial charge in [-0.1, -0.05) is 58.4 Å². The summed E-state index contributed by atoms with van der Waals surface area (Å²) in [6, 6.07) is 17.4. The first-order chi connectivity index (χ1) is 18.0. The van der Waals surface area contributed by atoms with E-state index in [4.69, 9.17) is 14.2 Å². The zero-order valence-electron chi connectivity index (χ0n) is 24.5. The molecule has 1 heterocycles. The maximum atomic E-state index is 13.8. The molecule has 1 aliphatic heterocycles. The lowest BCUT2D eigenvalue weighted by molar-refractivity contribution is -0.132. The summed E-state index contributed by atoms with van der Waals surface area (Å²) in [7, 11) is 0. The predicted octanol–water partition coefficient (Wildman–Crippen LogP) is 6.57. The number of hydrogen-bond donors (Lipinski definition) is 0. The standard InChI is InChI=1S/C31H43BrN2O5/c1-29(2,3)38-25-16-14-22(15-17-25)18-26(32)27(35)33(19-23-12-10-9-11-13-23)20-24-21-37-31(7,8)34(24)28(36)39-30(4,5)6/h9-17,24,26H,18-21H2,1-8H3/t24-,26-/m1/s1. The third-order valence-corrected chi connectivity index (χ3v) is 6.87. The Morgan fingerprint density at radius 3 is 2.18 bits per heavy atom. The van der Waals surface area contributed by atoms with Crippen molar-refractivity contribution >= 4 is 27.9 Å². The minimum Gasteiger partial charge on any atom is -0.488 e. The molecule has 2 amide bonds. The van der Waals surface area contributed by atoms with Crippen molar-refractivity contribution in [2.45, 2.75) is 96.2 Å². The summed E-state index contributed by atoms with van der Waals surface area (Å²) < 4.78 is 17.6. The van der Waals surface area contributed by atoms with Crippen molar-refractivity contribution in [2.75, 3.05) is 13.2 Å². The van der Waals surface area contributed by atoms with Crippen LogP contribution in [0.3, 0.4) is 0 Å². The number of alkyl halides is 1. The zero-order valence-corrected chi connectivity index (χ0v) is 26.1. The topological polar surface area (TPSA) is 68.3 Å². The molecule has 0 bridgehead atoms. The maximum absolute atomic E-state index is 13.8. The van der Waals surface area contributed by atoms with E-state index < -0.39 is 22.2 Å². The van der Waals surface area contributed by atoms with Crippen molar-refractivity contribution in [3.8, 4) is 5.75 Å². The van der Waals surface area contributed by atoms with Crippen LogP contribution in [0.25, 0.3) is 0 Å². The number of ether oxygens (including phenoxy) is 3. The van der Waals surface area contributed by atoms with Gasteiger partial charge in [-0.15, -0.1) is 0 Å². The Labute approximate surface area is 241 Å². The molecule has 8 heteroatoms. The van der Waals surface area contributed by atoms with Gasteiger partial charge in [0, 0.05) is 13.1 Å². The first-order valence-corrected chi connectivity index (χ1v) is 14.4. The van der Waals surface area contributed by atoms with Crippen LogP contribution in [-0.2, 0) is 27.2 Å². The molecule has 0 aliphatic carbocycles. The second-order valence-corrected chi connectivity index (χ2v) is 13.6. The lowest BCUT2D eigenvalue weighted by Gasteiger charge is -2.37. The normalized spacial score (nSPS) is 18.0. The number of hydrogen-bond acceptors (Lipinski definition) is 5. The fourth-order valence-electron chi connectivity index (χ4n) is 4.53. The van der Waals surface area contributed by atoms with Crippen molar-refractivity contribution in [3.63, 3.8) is 0 Å². The molecule has 2 aromatic carbocycles. The van der Waals surface area contributed by atoms with Gasteiger partial charge in [-0.2, -0.15) is 0 Å². The third kappa shape index (κ3) is 9.24. The first-order valence-electron chi connectivity index (χ1n) is 13.4. The summed E-state index contributed by atoms with van der Waals surface area (Å²) in [6.07, 6.45) is 0.0672. The number of carbonyl (C=O) groups is 2. The summed E-state index contributed by atoms with van der Waals surface area (Å²) >= 11 is 3.66. The van der Waals surface area contributed by atoms with Gasteiger partial charge in [0.25, 0.3) is 0 Å². The molecule has 0 saturated carbocycles. The Morgan fingerprint density at radius 2 is 1.62 bits per heavy atom. The van der Waals surface area contributed by atoms with Crippen LogP contribution in [0.2, 0.25) is 0 Å². The minimum absolute atomic E-state index is 0.0530. The average molecular weight is 604 g/mol. The molecule has 0 unspecified atom stereocenters. The van der Waals surface area contributed by atoms with Crippen molar-refractivity contribution in [2.24, 2.45) is 0 Å². The average Bonchev–Trinajstić information content (AvgIpc) is 3.11. The second-order valence-electron chi connectivity index (χ2n) is 12.5. The number of benzene rings is 2. The largest absolute Gasteiger partial charge is 0.488 e. The Balaban J connectivity index is 1.79. The van der Waals surface area contributed by atoms with Gasteiger partial charge in [0.1, 0.15) is 22.7 Å². The van der Waals surface area contributed by atoms with E-state index in [9.17, 15) is 9.59 Å². The van der Waals surface area contributed by atoms with Gasteiger partial charge in [-0.25, -0.2) is 4.79 Å². The van der Waals surface area contributed by atoms with Crippen molar-refractivity contribution in [1.82, 2.24) is 9.80 Å². The molecule has 39 heavy (non-hydrogen) atoms. The molecule has 0 radical (unpaired) electrons. The lowest BCUT2D eigenvalue weighted by Crippen LogP contribution is -2.54. The van der Waals surface area contributed by atoms with Crippen LogP contribution in [-0.4, -0.2) is 62.7 Å². The van der Waals surface area contributed by atoms with Gasteiger partial charge < -0.3 is 19.1 Å². The SMILES string of the molecule is CC(C)(C)OC(=O)N1[C@H](CN(Cc2ccccc2)C(=O)[C@H](Br)Cc2ccc(OC(C)(C)C)cc2)COC1(C)C. The van der Waals surface area contributed by atoms with E-state index in [1.165, 1.54) is 0 Å². The van der Waals surface area contributed by atoms with E-state index in [1.807, 2.05) is 110 Å². The van der Waals surface area contributed by atoms with E-state index in [0.29, 0.717) is 26.1 Å². The predicted molar refractivity (Wildman–Crippen MR) is 157 cm³/mol. The molecule has 214 valence electrons. The highest BCUT2D eigenvalue weighted by Gasteiger charge is 2.46. The van der Waals surface area contributed by atoms with Crippen LogP contribution < -0.4 is 4.74 Å². The Kier molecular flexibility index (Phi) is 9.76. The van der Waals surface area contributed by atoms with E-state index >= 15 is 0 Å². The van der Waals surface area contributed by atoms with Crippen LogP contribution in [0, 0.1) is 0 Å². The zero-order chi connectivity index (χ0) is 29.0. The molecule has 2 aromatic rings. The smallest absolute Gasteiger partial charge is 0.412 e. The highest BCUT2D eigenvalue weighted by atomic mass is 79.9. The highest BCUT2D eigenvalue weighted by molar-refractivity contribution is 9.10. The maximum Gasteiger partial charge on any atom is 0.412 e. The van der Waals surface area contributed by atoms with Crippen molar-refractivity contribution in [3.05, 3.63) is 65.7 Å².